The van der Waals surface area contributed by atoms with Gasteiger partial charge in [-0.25, -0.2) is 4.79 Å². The van der Waals surface area contributed by atoms with Gasteiger partial charge in [0.2, 0.25) is 0 Å². The predicted octanol–water partition coefficient (Wildman–Crippen LogP) is 3.13. The zero-order chi connectivity index (χ0) is 21.1. The number of benzene rings is 1. The zero-order valence-electron chi connectivity index (χ0n) is 17.6. The van der Waals surface area contributed by atoms with Gasteiger partial charge in [0, 0.05) is 20.0 Å². The molecule has 0 N–H and O–H groups in total. The van der Waals surface area contributed by atoms with Crippen LogP contribution in [0.5, 0.6) is 5.75 Å². The minimum Gasteiger partial charge on any atom is -0.468 e. The molecule has 8 nitrogen and oxygen atoms in total. The lowest BCUT2D eigenvalue weighted by Crippen LogP contribution is -2.48. The van der Waals surface area contributed by atoms with Crippen molar-refractivity contribution in [2.75, 3.05) is 40.8 Å². The molecule has 162 valence electrons. The number of unbranched alkanes of at least 4 members (excludes halogenated alkanes) is 1. The van der Waals surface area contributed by atoms with Gasteiger partial charge in [-0.1, -0.05) is 5.16 Å². The van der Waals surface area contributed by atoms with Crippen LogP contribution in [0.3, 0.4) is 0 Å². The van der Waals surface area contributed by atoms with E-state index < -0.39 is 11.8 Å². The zero-order valence-corrected chi connectivity index (χ0v) is 17.6. The molecule has 0 aliphatic carbocycles. The second-order valence-electron chi connectivity index (χ2n) is 7.01. The molecule has 0 atom stereocenters. The lowest BCUT2D eigenvalue weighted by atomic mass is 10.0. The van der Waals surface area contributed by atoms with Crippen LogP contribution >= 0.6 is 0 Å². The molecular formula is C21H31NO7. The quantitative estimate of drug-likeness (QED) is 0.182. The van der Waals surface area contributed by atoms with E-state index in [4.69, 9.17) is 28.5 Å². The maximum Gasteiger partial charge on any atom is 0.366 e. The molecule has 0 unspecified atom stereocenters. The van der Waals surface area contributed by atoms with E-state index in [0.717, 1.165) is 36.3 Å². The van der Waals surface area contributed by atoms with Crippen LogP contribution in [-0.4, -0.2) is 58.3 Å². The number of nitrogens with zero attached hydrogens (tertiary/aromatic N) is 1. The molecule has 1 aromatic carbocycles. The lowest BCUT2D eigenvalue weighted by molar-refractivity contribution is -0.272. The van der Waals surface area contributed by atoms with E-state index in [1.165, 1.54) is 7.11 Å². The van der Waals surface area contributed by atoms with Gasteiger partial charge in [-0.05, 0) is 56.0 Å². The van der Waals surface area contributed by atoms with Crippen molar-refractivity contribution in [3.63, 3.8) is 0 Å². The van der Waals surface area contributed by atoms with Crippen LogP contribution in [0.25, 0.3) is 0 Å². The van der Waals surface area contributed by atoms with Crippen molar-refractivity contribution in [2.24, 2.45) is 11.1 Å². The molecule has 1 aliphatic rings. The predicted molar refractivity (Wildman–Crippen MR) is 107 cm³/mol. The summed E-state index contributed by atoms with van der Waals surface area (Å²) in [5.41, 5.74) is 1.78. The Labute approximate surface area is 172 Å². The number of methoxy groups -OCH3 is 2. The highest BCUT2D eigenvalue weighted by Gasteiger charge is 2.41. The Morgan fingerprint density at radius 3 is 2.48 bits per heavy atom. The number of hydrogen-bond donors (Lipinski definition) is 0. The second kappa shape index (κ2) is 11.7. The van der Waals surface area contributed by atoms with Crippen molar-refractivity contribution in [3.8, 4) is 5.75 Å². The second-order valence-corrected chi connectivity index (χ2v) is 7.01. The van der Waals surface area contributed by atoms with Crippen LogP contribution in [0.2, 0.25) is 0 Å². The Bertz CT molecular complexity index is 651. The maximum atomic E-state index is 11.6. The Hall–Kier alpha value is -2.16. The molecule has 0 spiro atoms. The number of hydrogen-bond acceptors (Lipinski definition) is 8. The van der Waals surface area contributed by atoms with E-state index in [9.17, 15) is 4.79 Å². The van der Waals surface area contributed by atoms with Gasteiger partial charge in [-0.3, -0.25) is 0 Å². The average molecular weight is 409 g/mol. The van der Waals surface area contributed by atoms with Crippen molar-refractivity contribution in [2.45, 2.75) is 38.9 Å². The van der Waals surface area contributed by atoms with Gasteiger partial charge in [0.15, 0.2) is 6.79 Å². The minimum atomic E-state index is -1.28. The number of carbonyl (C=O) groups excluding carboxylic acids is 1. The Balaban J connectivity index is 1.61. The van der Waals surface area contributed by atoms with Gasteiger partial charge >= 0.3 is 5.97 Å². The van der Waals surface area contributed by atoms with E-state index in [1.54, 1.807) is 14.0 Å². The number of oxime groups is 1. The highest BCUT2D eigenvalue weighted by molar-refractivity contribution is 5.98. The van der Waals surface area contributed by atoms with Crippen LogP contribution < -0.4 is 4.74 Å². The molecule has 0 amide bonds. The first-order chi connectivity index (χ1) is 14.0. The van der Waals surface area contributed by atoms with Gasteiger partial charge < -0.3 is 28.5 Å². The summed E-state index contributed by atoms with van der Waals surface area (Å²) >= 11 is 0. The molecule has 0 radical (unpaired) electrons. The Morgan fingerprint density at radius 2 is 1.86 bits per heavy atom. The Kier molecular flexibility index (Phi) is 9.37. The van der Waals surface area contributed by atoms with Gasteiger partial charge in [-0.2, -0.15) is 0 Å². The van der Waals surface area contributed by atoms with Gasteiger partial charge in [0.1, 0.15) is 12.4 Å². The first-order valence-electron chi connectivity index (χ1n) is 9.73. The number of esters is 1. The van der Waals surface area contributed by atoms with E-state index in [2.05, 4.69) is 5.16 Å². The van der Waals surface area contributed by atoms with Crippen molar-refractivity contribution >= 4 is 11.7 Å². The molecular weight excluding hydrogens is 378 g/mol. The van der Waals surface area contributed by atoms with E-state index in [0.29, 0.717) is 19.8 Å². The third-order valence-electron chi connectivity index (χ3n) is 4.66. The summed E-state index contributed by atoms with van der Waals surface area (Å²) in [7, 11) is 2.91. The van der Waals surface area contributed by atoms with Crippen molar-refractivity contribution in [3.05, 3.63) is 29.8 Å². The average Bonchev–Trinajstić information content (AvgIpc) is 2.75. The van der Waals surface area contributed by atoms with E-state index >= 15 is 0 Å². The molecule has 1 aliphatic heterocycles. The summed E-state index contributed by atoms with van der Waals surface area (Å²) in [5, 5.41) is 4.17. The molecule has 1 aromatic rings. The van der Waals surface area contributed by atoms with E-state index in [1.807, 2.05) is 31.2 Å². The molecule has 0 aromatic heterocycles. The largest absolute Gasteiger partial charge is 0.468 e. The van der Waals surface area contributed by atoms with Crippen molar-refractivity contribution in [1.29, 1.82) is 0 Å². The molecule has 2 rings (SSSR count). The highest BCUT2D eigenvalue weighted by atomic mass is 16.7. The fourth-order valence-corrected chi connectivity index (χ4v) is 2.83. The smallest absolute Gasteiger partial charge is 0.366 e. The fourth-order valence-electron chi connectivity index (χ4n) is 2.83. The Morgan fingerprint density at radius 1 is 1.17 bits per heavy atom. The van der Waals surface area contributed by atoms with Crippen LogP contribution in [0.15, 0.2) is 29.4 Å². The molecule has 1 heterocycles. The lowest BCUT2D eigenvalue weighted by Gasteiger charge is -2.35. The molecule has 8 heteroatoms. The summed E-state index contributed by atoms with van der Waals surface area (Å²) in [6.07, 6.45) is 2.78. The van der Waals surface area contributed by atoms with Gasteiger partial charge in [-0.15, -0.1) is 0 Å². The third kappa shape index (κ3) is 7.30. The van der Waals surface area contributed by atoms with Crippen LogP contribution in [0.4, 0.5) is 0 Å². The van der Waals surface area contributed by atoms with Gasteiger partial charge in [0.25, 0.3) is 5.79 Å². The normalized spacial score (nSPS) is 22.2. The minimum absolute atomic E-state index is 0.221. The van der Waals surface area contributed by atoms with E-state index in [-0.39, 0.29) is 12.7 Å². The SMILES string of the molecule is COCOc1ccc(/C(C)=N\OCCCCC2COC(C)(C(=O)OC)OC2)cc1. The first-order valence-corrected chi connectivity index (χ1v) is 9.73. The summed E-state index contributed by atoms with van der Waals surface area (Å²) in [4.78, 5) is 17.1. The topological polar surface area (TPSA) is 84.8 Å². The van der Waals surface area contributed by atoms with Crippen LogP contribution in [0.1, 0.15) is 38.7 Å². The monoisotopic (exact) mass is 409 g/mol. The summed E-state index contributed by atoms with van der Waals surface area (Å²) < 4.78 is 26.0. The maximum absolute atomic E-state index is 11.6. The number of rotatable bonds is 11. The molecule has 1 saturated heterocycles. The van der Waals surface area contributed by atoms with Crippen molar-refractivity contribution < 1.29 is 33.3 Å². The molecule has 1 fully saturated rings. The summed E-state index contributed by atoms with van der Waals surface area (Å²) in [6, 6.07) is 7.59. The van der Waals surface area contributed by atoms with Gasteiger partial charge in [0.05, 0.1) is 26.0 Å². The summed E-state index contributed by atoms with van der Waals surface area (Å²) in [5.74, 6) is -0.784. The third-order valence-corrected chi connectivity index (χ3v) is 4.66. The standard InChI is InChI=1S/C21H31NO7/c1-16(18-8-10-19(11-9-18)26-15-24-3)22-29-12-6-5-7-17-13-27-21(2,28-14-17)20(23)25-4/h8-11,17H,5-7,12-15H2,1-4H3/b22-16-. The fraction of sp³-hybridized carbons (Fsp3) is 0.619. The molecule has 0 saturated carbocycles. The summed E-state index contributed by atoms with van der Waals surface area (Å²) in [6.45, 7) is 5.21. The first kappa shape index (κ1) is 23.1. The molecule has 0 bridgehead atoms. The molecule has 29 heavy (non-hydrogen) atoms. The van der Waals surface area contributed by atoms with Crippen LogP contribution in [0, 0.1) is 5.92 Å². The number of carbonyl (C=O) groups is 1. The highest BCUT2D eigenvalue weighted by Crippen LogP contribution is 2.25. The number of ether oxygens (including phenoxy) is 5. The van der Waals surface area contributed by atoms with Crippen molar-refractivity contribution in [1.82, 2.24) is 0 Å². The van der Waals surface area contributed by atoms with Crippen LogP contribution in [-0.2, 0) is 28.6 Å².